The third kappa shape index (κ3) is 47.3. The molecule has 0 bridgehead atoms. The molecule has 0 fully saturated rings. The van der Waals surface area contributed by atoms with E-state index in [1.807, 2.05) is 77.9 Å². The van der Waals surface area contributed by atoms with Crippen molar-refractivity contribution >= 4 is 117 Å². The second kappa shape index (κ2) is 62.6. The summed E-state index contributed by atoms with van der Waals surface area (Å²) < 4.78 is 38.2. The van der Waals surface area contributed by atoms with Gasteiger partial charge in [-0.3, -0.25) is 76.7 Å². The van der Waals surface area contributed by atoms with Crippen molar-refractivity contribution in [3.63, 3.8) is 0 Å². The Morgan fingerprint density at radius 3 is 0.600 bits per heavy atom. The first-order valence-corrected chi connectivity index (χ1v) is 40.4. The minimum absolute atomic E-state index is 0.0224. The molecule has 3 aromatic rings. The van der Waals surface area contributed by atoms with Gasteiger partial charge in [-0.2, -0.15) is 0 Å². The molecule has 0 aliphatic heterocycles. The van der Waals surface area contributed by atoms with Crippen LogP contribution in [0.4, 0.5) is 0 Å². The Kier molecular flexibility index (Phi) is 54.0. The number of hydrogen-bond donors (Lipinski definition) is 8. The molecule has 8 N–H and O–H groups in total. The van der Waals surface area contributed by atoms with Crippen LogP contribution in [0.25, 0.3) is 21.5 Å². The van der Waals surface area contributed by atoms with Gasteiger partial charge in [0.2, 0.25) is 35.4 Å². The van der Waals surface area contributed by atoms with E-state index in [-0.39, 0.29) is 277 Å². The first-order chi connectivity index (χ1) is 57.7. The van der Waals surface area contributed by atoms with E-state index in [0.29, 0.717) is 26.2 Å². The van der Waals surface area contributed by atoms with Crippen LogP contribution in [-0.4, -0.2) is 369 Å². The highest BCUT2D eigenvalue weighted by Crippen LogP contribution is 2.28. The van der Waals surface area contributed by atoms with Gasteiger partial charge in [0, 0.05) is 228 Å². The summed E-state index contributed by atoms with van der Waals surface area (Å²) in [5, 5.41) is 26.4. The van der Waals surface area contributed by atoms with Crippen molar-refractivity contribution in [3.05, 3.63) is 60.2 Å². The normalized spacial score (nSPS) is 11.2. The molecule has 3 aromatic carbocycles. The van der Waals surface area contributed by atoms with Gasteiger partial charge < -0.3 is 115 Å². The molecule has 0 aliphatic carbocycles. The van der Waals surface area contributed by atoms with Gasteiger partial charge >= 0.3 is 59.6 Å². The van der Waals surface area contributed by atoms with Crippen LogP contribution in [0, 0.1) is 0 Å². The fraction of sp³-hybridized carbons (Fsp3) is 0.630. The molecule has 120 heavy (non-hydrogen) atoms. The molecule has 3 rings (SSSR count). The summed E-state index contributed by atoms with van der Waals surface area (Å²) >= 11 is 0. The van der Waals surface area contributed by atoms with Crippen LogP contribution in [0.1, 0.15) is 95.5 Å². The molecule has 0 radical (unpaired) electrons. The van der Waals surface area contributed by atoms with E-state index in [9.17, 15) is 76.7 Å². The minimum atomic E-state index is -0.912. The zero-order valence-electron chi connectivity index (χ0n) is 71.0. The maximum Gasteiger partial charge on any atom is 0.309 e. The second-order valence-corrected chi connectivity index (χ2v) is 27.8. The van der Waals surface area contributed by atoms with Crippen LogP contribution in [0.15, 0.2) is 54.6 Å². The first-order valence-electron chi connectivity index (χ1n) is 40.4. The number of amides is 8. The maximum atomic E-state index is 13.8. The molecule has 0 atom stereocenters. The lowest BCUT2D eigenvalue weighted by Crippen LogP contribution is -2.44. The standard InChI is InChI=1S/C81H127N15O24/c1-113-72(103)23-44-93(45-24-73(104)114-2)54-33-84-66(97)17-38-90(39-18-67(98)85-34-55-94(46-25-74(105)115-3)47-26-75(106)116-4)52-31-82-70(101)21-42-92(58-37-88-80(111)81(112)89-60-65-63-15-11-9-13-61(63)59-62-14-10-12-16-64(62)65)43-22-71(102)83-32-53-91(40-19-68(99)86-35-56-95(48-27-76(107)117-5)49-28-77(108)118-6)41-20-69(100)87-36-57-96(50-29-78(109)119-7)51-30-79(110)120-8/h9-16,59H,17-58,60H2,1-8H3,(H,82,101)(H,83,102)(H,84,97)(H,85,98)(H,86,99)(H,87,100)(H,88,111)(H,89,112). The van der Waals surface area contributed by atoms with E-state index in [2.05, 4.69) is 48.6 Å². The second-order valence-electron chi connectivity index (χ2n) is 27.8. The number of carbonyl (C=O) groups is 16. The lowest BCUT2D eigenvalue weighted by atomic mass is 9.97. The van der Waals surface area contributed by atoms with Crippen LogP contribution in [0.5, 0.6) is 0 Å². The van der Waals surface area contributed by atoms with Crippen LogP contribution in [0.3, 0.4) is 0 Å². The molecule has 39 nitrogen and oxygen atoms in total. The minimum Gasteiger partial charge on any atom is -0.469 e. The summed E-state index contributed by atoms with van der Waals surface area (Å²) in [6.45, 7) is 5.20. The van der Waals surface area contributed by atoms with Gasteiger partial charge in [0.1, 0.15) is 0 Å². The van der Waals surface area contributed by atoms with Crippen molar-refractivity contribution < 1.29 is 115 Å². The highest BCUT2D eigenvalue weighted by Gasteiger charge is 2.22. The van der Waals surface area contributed by atoms with Crippen LogP contribution >= 0.6 is 0 Å². The molecule has 0 saturated carbocycles. The highest BCUT2D eigenvalue weighted by atomic mass is 16.5. The van der Waals surface area contributed by atoms with Crippen molar-refractivity contribution in [2.75, 3.05) is 240 Å². The smallest absolute Gasteiger partial charge is 0.309 e. The highest BCUT2D eigenvalue weighted by molar-refractivity contribution is 6.35. The third-order valence-corrected chi connectivity index (χ3v) is 19.5. The van der Waals surface area contributed by atoms with Gasteiger partial charge in [-0.1, -0.05) is 48.5 Å². The van der Waals surface area contributed by atoms with Crippen molar-refractivity contribution in [3.8, 4) is 0 Å². The summed E-state index contributed by atoms with van der Waals surface area (Å²) in [5.41, 5.74) is 0.827. The van der Waals surface area contributed by atoms with Gasteiger partial charge in [-0.25, -0.2) is 0 Å². The van der Waals surface area contributed by atoms with Crippen molar-refractivity contribution in [1.29, 1.82) is 0 Å². The van der Waals surface area contributed by atoms with Gasteiger partial charge in [-0.05, 0) is 33.2 Å². The number of fused-ring (bicyclic) bond motifs is 2. The molecule has 0 saturated heterocycles. The number of esters is 8. The molecule has 0 heterocycles. The van der Waals surface area contributed by atoms with E-state index in [1.54, 1.807) is 4.90 Å². The fourth-order valence-electron chi connectivity index (χ4n) is 12.3. The lowest BCUT2D eigenvalue weighted by molar-refractivity contribution is -0.142. The number of benzene rings is 3. The Balaban J connectivity index is 1.82. The van der Waals surface area contributed by atoms with Gasteiger partial charge in [-0.15, -0.1) is 0 Å². The van der Waals surface area contributed by atoms with Crippen LogP contribution < -0.4 is 42.5 Å². The number of hydrogen-bond acceptors (Lipinski definition) is 31. The number of methoxy groups -OCH3 is 8. The molecule has 0 unspecified atom stereocenters. The maximum absolute atomic E-state index is 13.8. The number of carbonyl (C=O) groups excluding carboxylic acids is 16. The van der Waals surface area contributed by atoms with Gasteiger partial charge in [0.15, 0.2) is 0 Å². The van der Waals surface area contributed by atoms with Crippen molar-refractivity contribution in [2.45, 2.75) is 96.4 Å². The largest absolute Gasteiger partial charge is 0.469 e. The van der Waals surface area contributed by atoms with Gasteiger partial charge in [0.05, 0.1) is 108 Å². The zero-order chi connectivity index (χ0) is 88.2. The molecule has 0 aromatic heterocycles. The van der Waals surface area contributed by atoms with E-state index in [1.165, 1.54) is 56.9 Å². The Hall–Kier alpha value is -10.6. The molecule has 0 spiro atoms. The molecule has 0 aliphatic rings. The monoisotopic (exact) mass is 1690 g/mol. The fourth-order valence-corrected chi connectivity index (χ4v) is 12.3. The average Bonchev–Trinajstić information content (AvgIpc) is 0.777. The van der Waals surface area contributed by atoms with E-state index >= 15 is 0 Å². The first kappa shape index (κ1) is 104. The Morgan fingerprint density at radius 2 is 0.400 bits per heavy atom. The van der Waals surface area contributed by atoms with Crippen LogP contribution in [0.2, 0.25) is 0 Å². The molecule has 8 amide bonds. The Labute approximate surface area is 701 Å². The Bertz CT molecular complexity index is 3300. The lowest BCUT2D eigenvalue weighted by Gasteiger charge is -2.24. The summed E-state index contributed by atoms with van der Waals surface area (Å²) in [7, 11) is 10.1. The zero-order valence-corrected chi connectivity index (χ0v) is 71.0. The van der Waals surface area contributed by atoms with E-state index in [0.717, 1.165) is 27.1 Å². The number of nitrogens with zero attached hydrogens (tertiary/aromatic N) is 7. The summed E-state index contributed by atoms with van der Waals surface area (Å²) in [6, 6.07) is 17.5. The number of rotatable bonds is 65. The predicted molar refractivity (Wildman–Crippen MR) is 440 cm³/mol. The summed E-state index contributed by atoms with van der Waals surface area (Å²) in [6.07, 6.45) is 0.108. The molecular formula is C81H127N15O24. The predicted octanol–water partition coefficient (Wildman–Crippen LogP) is -1.62. The summed E-state index contributed by atoms with van der Waals surface area (Å²) in [5.74, 6) is -7.52. The van der Waals surface area contributed by atoms with Crippen LogP contribution in [-0.2, 0) is 121 Å². The number of nitrogens with one attached hydrogen (secondary N) is 8. The third-order valence-electron chi connectivity index (χ3n) is 19.5. The van der Waals surface area contributed by atoms with E-state index < -0.39 is 71.4 Å². The van der Waals surface area contributed by atoms with Gasteiger partial charge in [0.25, 0.3) is 0 Å². The quantitative estimate of drug-likeness (QED) is 0.0136. The topological polar surface area (TPSA) is 466 Å². The number of ether oxygens (including phenoxy) is 8. The van der Waals surface area contributed by atoms with Crippen molar-refractivity contribution in [2.24, 2.45) is 0 Å². The molecule has 39 heteroatoms. The Morgan fingerprint density at radius 1 is 0.225 bits per heavy atom. The molecular weight excluding hydrogens is 1570 g/mol. The van der Waals surface area contributed by atoms with Crippen molar-refractivity contribution in [1.82, 2.24) is 76.8 Å². The average molecular weight is 1690 g/mol. The summed E-state index contributed by atoms with van der Waals surface area (Å²) in [4.78, 5) is 217. The molecule has 670 valence electrons. The SMILES string of the molecule is COC(=O)CCN(CCNC(=O)CCN(CCNC(=O)CCN(CCNC(=O)C(=O)NCc1c2ccccc2cc2ccccc12)CCC(=O)NCCN(CCC(=O)NCCN(CCC(=O)OC)CCC(=O)OC)CCC(=O)NCCN(CCC(=O)OC)CCC(=O)OC)CCC(=O)NCCN(CCC(=O)OC)CCC(=O)OC)CCC(=O)OC. The van der Waals surface area contributed by atoms with E-state index in [4.69, 9.17) is 37.9 Å².